The lowest BCUT2D eigenvalue weighted by Gasteiger charge is -2.17. The van der Waals surface area contributed by atoms with Gasteiger partial charge in [-0.3, -0.25) is 9.59 Å². The van der Waals surface area contributed by atoms with Gasteiger partial charge in [0.25, 0.3) is 0 Å². The van der Waals surface area contributed by atoms with E-state index in [1.807, 2.05) is 0 Å². The first-order valence-electron chi connectivity index (χ1n) is 3.40. The second-order valence-electron chi connectivity index (χ2n) is 2.19. The predicted molar refractivity (Wildman–Crippen MR) is 40.0 cm³/mol. The number of esters is 1. The van der Waals surface area contributed by atoms with Crippen LogP contribution < -0.4 is 0 Å². The molecular weight excluding hydrogens is 203 g/mol. The topological polar surface area (TPSA) is 46.6 Å². The van der Waals surface area contributed by atoms with Crippen LogP contribution in [-0.2, 0) is 14.3 Å². The monoisotopic (exact) mass is 211 g/mol. The van der Waals surface area contributed by atoms with E-state index in [-0.39, 0.29) is 4.90 Å². The van der Waals surface area contributed by atoms with Gasteiger partial charge in [0.1, 0.15) is 6.54 Å². The van der Waals surface area contributed by atoms with Crippen molar-refractivity contribution in [2.75, 3.05) is 13.7 Å². The molecule has 0 rings (SSSR count). The van der Waals surface area contributed by atoms with Crippen LogP contribution in [0, 0.1) is 0 Å². The summed E-state index contributed by atoms with van der Waals surface area (Å²) in [6.07, 6.45) is -4.41. The summed E-state index contributed by atoms with van der Waals surface area (Å²) in [5.41, 5.74) is 0. The van der Waals surface area contributed by atoms with Gasteiger partial charge in [-0.1, -0.05) is 6.58 Å². The van der Waals surface area contributed by atoms with Crippen LogP contribution >= 0.6 is 0 Å². The molecular formula is C7H8F3NO3. The Morgan fingerprint density at radius 3 is 2.29 bits per heavy atom. The van der Waals surface area contributed by atoms with Crippen LogP contribution in [0.15, 0.2) is 12.8 Å². The van der Waals surface area contributed by atoms with E-state index >= 15 is 0 Å². The molecule has 0 atom stereocenters. The van der Waals surface area contributed by atoms with Gasteiger partial charge in [0.15, 0.2) is 0 Å². The molecule has 1 amide bonds. The largest absolute Gasteiger partial charge is 0.471 e. The van der Waals surface area contributed by atoms with Gasteiger partial charge in [-0.25, -0.2) is 0 Å². The minimum atomic E-state index is -5.03. The number of carbonyl (C=O) groups is 2. The molecule has 0 aliphatic rings. The highest BCUT2D eigenvalue weighted by atomic mass is 19.4. The maximum Gasteiger partial charge on any atom is 0.471 e. The lowest BCUT2D eigenvalue weighted by atomic mass is 10.4. The summed E-state index contributed by atoms with van der Waals surface area (Å²) in [6, 6.07) is 0. The SMILES string of the molecule is C=CN(CC(=O)OC)C(=O)C(F)(F)F. The summed E-state index contributed by atoms with van der Waals surface area (Å²) in [5.74, 6) is -3.11. The quantitative estimate of drug-likeness (QED) is 0.645. The lowest BCUT2D eigenvalue weighted by Crippen LogP contribution is -2.40. The Bertz CT molecular complexity index is 249. The fourth-order valence-electron chi connectivity index (χ4n) is 0.586. The van der Waals surface area contributed by atoms with Crippen LogP contribution in [0.1, 0.15) is 0 Å². The third-order valence-corrected chi connectivity index (χ3v) is 1.25. The van der Waals surface area contributed by atoms with Crippen molar-refractivity contribution < 1.29 is 27.5 Å². The Morgan fingerprint density at radius 2 is 2.00 bits per heavy atom. The molecule has 0 unspecified atom stereocenters. The Morgan fingerprint density at radius 1 is 1.50 bits per heavy atom. The molecule has 0 saturated heterocycles. The lowest BCUT2D eigenvalue weighted by molar-refractivity contribution is -0.183. The zero-order valence-electron chi connectivity index (χ0n) is 7.30. The standard InChI is InChI=1S/C7H8F3NO3/c1-3-11(4-5(12)14-2)6(13)7(8,9)10/h3H,1,4H2,2H3. The van der Waals surface area contributed by atoms with E-state index in [2.05, 4.69) is 11.3 Å². The smallest absolute Gasteiger partial charge is 0.468 e. The summed E-state index contributed by atoms with van der Waals surface area (Å²) in [5, 5.41) is 0. The zero-order valence-corrected chi connectivity index (χ0v) is 7.30. The van der Waals surface area contributed by atoms with E-state index in [1.165, 1.54) is 0 Å². The summed E-state index contributed by atoms with van der Waals surface area (Å²) < 4.78 is 39.6. The van der Waals surface area contributed by atoms with E-state index < -0.39 is 24.6 Å². The van der Waals surface area contributed by atoms with Crippen molar-refractivity contribution in [2.45, 2.75) is 6.18 Å². The highest BCUT2D eigenvalue weighted by Crippen LogP contribution is 2.18. The van der Waals surface area contributed by atoms with Crippen molar-refractivity contribution >= 4 is 11.9 Å². The minimum absolute atomic E-state index is 0.131. The fourth-order valence-corrected chi connectivity index (χ4v) is 0.586. The van der Waals surface area contributed by atoms with E-state index in [1.54, 1.807) is 0 Å². The van der Waals surface area contributed by atoms with E-state index in [9.17, 15) is 22.8 Å². The summed E-state index contributed by atoms with van der Waals surface area (Å²) in [6.45, 7) is 2.17. The second kappa shape index (κ2) is 4.64. The molecule has 0 radical (unpaired) electrons. The van der Waals surface area contributed by atoms with Gasteiger partial charge >= 0.3 is 18.1 Å². The van der Waals surface area contributed by atoms with Crippen molar-refractivity contribution in [3.63, 3.8) is 0 Å². The molecule has 4 nitrogen and oxygen atoms in total. The fraction of sp³-hybridized carbons (Fsp3) is 0.429. The molecule has 0 saturated carbocycles. The first kappa shape index (κ1) is 12.5. The Kier molecular flexibility index (Phi) is 4.13. The highest BCUT2D eigenvalue weighted by molar-refractivity contribution is 5.86. The number of hydrogen-bond donors (Lipinski definition) is 0. The summed E-state index contributed by atoms with van der Waals surface area (Å²) in [7, 11) is 1.00. The van der Waals surface area contributed by atoms with Crippen molar-refractivity contribution in [3.8, 4) is 0 Å². The maximum absolute atomic E-state index is 11.8. The van der Waals surface area contributed by atoms with Crippen molar-refractivity contribution in [3.05, 3.63) is 12.8 Å². The van der Waals surface area contributed by atoms with Crippen molar-refractivity contribution in [1.82, 2.24) is 4.90 Å². The van der Waals surface area contributed by atoms with Crippen LogP contribution in [0.3, 0.4) is 0 Å². The van der Waals surface area contributed by atoms with Crippen LogP contribution in [0.25, 0.3) is 0 Å². The van der Waals surface area contributed by atoms with Gasteiger partial charge in [0.2, 0.25) is 0 Å². The minimum Gasteiger partial charge on any atom is -0.468 e. The third kappa shape index (κ3) is 3.46. The number of carbonyl (C=O) groups excluding carboxylic acids is 2. The first-order chi connectivity index (χ1) is 6.32. The number of nitrogens with zero attached hydrogens (tertiary/aromatic N) is 1. The van der Waals surface area contributed by atoms with Gasteiger partial charge in [-0.2, -0.15) is 13.2 Å². The molecule has 0 spiro atoms. The van der Waals surface area contributed by atoms with Crippen molar-refractivity contribution in [1.29, 1.82) is 0 Å². The van der Waals surface area contributed by atoms with Crippen molar-refractivity contribution in [2.24, 2.45) is 0 Å². The zero-order chi connectivity index (χ0) is 11.4. The molecule has 0 aliphatic carbocycles. The molecule has 0 aromatic heterocycles. The molecule has 0 aromatic rings. The molecule has 0 bridgehead atoms. The predicted octanol–water partition coefficient (Wildman–Crippen LogP) is 0.694. The average Bonchev–Trinajstić information content (AvgIpc) is 2.11. The van der Waals surface area contributed by atoms with Crippen LogP contribution in [-0.4, -0.2) is 36.6 Å². The summed E-state index contributed by atoms with van der Waals surface area (Å²) >= 11 is 0. The molecule has 0 aliphatic heterocycles. The molecule has 14 heavy (non-hydrogen) atoms. The van der Waals surface area contributed by atoms with Gasteiger partial charge in [-0.15, -0.1) is 0 Å². The molecule has 0 N–H and O–H groups in total. The number of methoxy groups -OCH3 is 1. The molecule has 7 heteroatoms. The molecule has 0 heterocycles. The number of rotatable bonds is 3. The number of amides is 1. The molecule has 80 valence electrons. The molecule has 0 fully saturated rings. The van der Waals surface area contributed by atoms with Gasteiger partial charge in [-0.05, 0) is 0 Å². The van der Waals surface area contributed by atoms with Crippen LogP contribution in [0.5, 0.6) is 0 Å². The third-order valence-electron chi connectivity index (χ3n) is 1.25. The van der Waals surface area contributed by atoms with Crippen LogP contribution in [0.4, 0.5) is 13.2 Å². The second-order valence-corrected chi connectivity index (χ2v) is 2.19. The van der Waals surface area contributed by atoms with E-state index in [4.69, 9.17) is 0 Å². The highest BCUT2D eigenvalue weighted by Gasteiger charge is 2.42. The normalized spacial score (nSPS) is 10.6. The Labute approximate surface area is 77.9 Å². The first-order valence-corrected chi connectivity index (χ1v) is 3.40. The van der Waals surface area contributed by atoms with E-state index in [0.717, 1.165) is 7.11 Å². The number of ether oxygens (including phenoxy) is 1. The molecule has 0 aromatic carbocycles. The Hall–Kier alpha value is -1.53. The maximum atomic E-state index is 11.8. The summed E-state index contributed by atoms with van der Waals surface area (Å²) in [4.78, 5) is 21.3. The van der Waals surface area contributed by atoms with Crippen LogP contribution in [0.2, 0.25) is 0 Å². The van der Waals surface area contributed by atoms with E-state index in [0.29, 0.717) is 6.20 Å². The Balaban J connectivity index is 4.50. The van der Waals surface area contributed by atoms with Gasteiger partial charge in [0.05, 0.1) is 7.11 Å². The van der Waals surface area contributed by atoms with Gasteiger partial charge in [0, 0.05) is 6.20 Å². The van der Waals surface area contributed by atoms with Gasteiger partial charge < -0.3 is 9.64 Å². The number of halogens is 3. The average molecular weight is 211 g/mol. The number of hydrogen-bond acceptors (Lipinski definition) is 3. The number of alkyl halides is 3.